The van der Waals surface area contributed by atoms with Crippen molar-refractivity contribution in [3.05, 3.63) is 12.7 Å². The number of nitrogens with zero attached hydrogens (tertiary/aromatic N) is 1. The molecule has 3 heteroatoms. The van der Waals surface area contributed by atoms with Crippen LogP contribution in [0.2, 0.25) is 0 Å². The molecule has 0 spiro atoms. The van der Waals surface area contributed by atoms with Gasteiger partial charge in [-0.25, -0.2) is 0 Å². The third-order valence-corrected chi connectivity index (χ3v) is 2.41. The Hall–Kier alpha value is -0.830. The Morgan fingerprint density at radius 3 is 2.77 bits per heavy atom. The minimum Gasteiger partial charge on any atom is -0.339 e. The van der Waals surface area contributed by atoms with Gasteiger partial charge in [0.05, 0.1) is 0 Å². The lowest BCUT2D eigenvalue weighted by molar-refractivity contribution is -0.131. The predicted octanol–water partition coefficient (Wildman–Crippen LogP) is 0.630. The lowest BCUT2D eigenvalue weighted by Crippen LogP contribution is -2.45. The van der Waals surface area contributed by atoms with Crippen molar-refractivity contribution in [1.82, 2.24) is 10.2 Å². The Labute approximate surface area is 79.8 Å². The van der Waals surface area contributed by atoms with Crippen LogP contribution in [0.3, 0.4) is 0 Å². The zero-order valence-corrected chi connectivity index (χ0v) is 8.25. The first kappa shape index (κ1) is 10.3. The maximum atomic E-state index is 11.6. The van der Waals surface area contributed by atoms with Gasteiger partial charge in [-0.15, -0.1) is 6.58 Å². The zero-order chi connectivity index (χ0) is 9.68. The van der Waals surface area contributed by atoms with Gasteiger partial charge in [-0.3, -0.25) is 4.79 Å². The molecule has 0 saturated carbocycles. The Bertz CT molecular complexity index is 187. The van der Waals surface area contributed by atoms with Crippen LogP contribution in [0.1, 0.15) is 13.3 Å². The lowest BCUT2D eigenvalue weighted by atomic mass is 9.99. The second-order valence-corrected chi connectivity index (χ2v) is 3.45. The maximum Gasteiger partial charge on any atom is 0.223 e. The molecular formula is C10H18N2O. The number of rotatable bonds is 5. The molecule has 1 rings (SSSR count). The number of carbonyl (C=O) groups is 1. The largest absolute Gasteiger partial charge is 0.339 e. The fourth-order valence-electron chi connectivity index (χ4n) is 1.43. The predicted molar refractivity (Wildman–Crippen MR) is 53.4 cm³/mol. The highest BCUT2D eigenvalue weighted by Crippen LogP contribution is 2.10. The molecule has 0 unspecified atom stereocenters. The van der Waals surface area contributed by atoms with Crippen molar-refractivity contribution < 1.29 is 4.79 Å². The first-order valence-corrected chi connectivity index (χ1v) is 4.87. The summed E-state index contributed by atoms with van der Waals surface area (Å²) in [5.74, 6) is 0.820. The van der Waals surface area contributed by atoms with Gasteiger partial charge < -0.3 is 10.2 Å². The maximum absolute atomic E-state index is 11.6. The normalized spacial score (nSPS) is 16.4. The molecule has 0 aromatic heterocycles. The van der Waals surface area contributed by atoms with Crippen LogP contribution in [0.15, 0.2) is 12.7 Å². The van der Waals surface area contributed by atoms with Crippen molar-refractivity contribution >= 4 is 5.91 Å². The number of amides is 1. The highest BCUT2D eigenvalue weighted by atomic mass is 16.2. The lowest BCUT2D eigenvalue weighted by Gasteiger charge is -2.29. The Balaban J connectivity index is 2.29. The van der Waals surface area contributed by atoms with Crippen molar-refractivity contribution in [2.45, 2.75) is 13.3 Å². The van der Waals surface area contributed by atoms with E-state index in [4.69, 9.17) is 0 Å². The van der Waals surface area contributed by atoms with Crippen molar-refractivity contribution in [3.8, 4) is 0 Å². The second kappa shape index (κ2) is 5.02. The molecule has 1 fully saturated rings. The summed E-state index contributed by atoms with van der Waals surface area (Å²) in [6, 6.07) is 0. The highest BCUT2D eigenvalue weighted by molar-refractivity contribution is 5.76. The van der Waals surface area contributed by atoms with Crippen LogP contribution in [0, 0.1) is 5.92 Å². The van der Waals surface area contributed by atoms with Crippen LogP contribution in [0.25, 0.3) is 0 Å². The van der Waals surface area contributed by atoms with Crippen molar-refractivity contribution in [2.24, 2.45) is 5.92 Å². The van der Waals surface area contributed by atoms with E-state index in [9.17, 15) is 4.79 Å². The molecule has 0 aromatic carbocycles. The smallest absolute Gasteiger partial charge is 0.223 e. The molecule has 13 heavy (non-hydrogen) atoms. The van der Waals surface area contributed by atoms with E-state index in [1.165, 1.54) is 0 Å². The molecule has 0 aliphatic carbocycles. The number of hydrogen-bond acceptors (Lipinski definition) is 2. The second-order valence-electron chi connectivity index (χ2n) is 3.45. The van der Waals surface area contributed by atoms with Crippen LogP contribution in [0.5, 0.6) is 0 Å². The van der Waals surface area contributed by atoms with Gasteiger partial charge in [0.25, 0.3) is 0 Å². The van der Waals surface area contributed by atoms with E-state index in [0.29, 0.717) is 18.9 Å². The molecule has 1 saturated heterocycles. The summed E-state index contributed by atoms with van der Waals surface area (Å²) in [5, 5.41) is 3.16. The molecule has 1 N–H and O–H groups in total. The van der Waals surface area contributed by atoms with Gasteiger partial charge in [-0.2, -0.15) is 0 Å². The van der Waals surface area contributed by atoms with Gasteiger partial charge in [-0.1, -0.05) is 6.08 Å². The van der Waals surface area contributed by atoms with Gasteiger partial charge in [0.1, 0.15) is 0 Å². The van der Waals surface area contributed by atoms with E-state index >= 15 is 0 Å². The Morgan fingerprint density at radius 1 is 1.69 bits per heavy atom. The van der Waals surface area contributed by atoms with E-state index < -0.39 is 0 Å². The average Bonchev–Trinajstić information content (AvgIpc) is 2.07. The van der Waals surface area contributed by atoms with E-state index in [1.54, 1.807) is 6.08 Å². The summed E-state index contributed by atoms with van der Waals surface area (Å²) >= 11 is 0. The van der Waals surface area contributed by atoms with Gasteiger partial charge in [0, 0.05) is 19.5 Å². The Kier molecular flexibility index (Phi) is 3.96. The molecule has 0 radical (unpaired) electrons. The summed E-state index contributed by atoms with van der Waals surface area (Å²) in [6.45, 7) is 9.09. The van der Waals surface area contributed by atoms with E-state index in [1.807, 2.05) is 11.8 Å². The third-order valence-electron chi connectivity index (χ3n) is 2.41. The van der Waals surface area contributed by atoms with Crippen LogP contribution < -0.4 is 5.32 Å². The van der Waals surface area contributed by atoms with Crippen molar-refractivity contribution in [1.29, 1.82) is 0 Å². The number of likely N-dealkylation sites (N-methyl/N-ethyl adjacent to an activating group) is 1. The van der Waals surface area contributed by atoms with Crippen LogP contribution in [-0.4, -0.2) is 37.0 Å². The summed E-state index contributed by atoms with van der Waals surface area (Å²) in [7, 11) is 0. The number of carbonyl (C=O) groups excluding carboxylic acids is 1. The van der Waals surface area contributed by atoms with E-state index in [0.717, 1.165) is 19.6 Å². The zero-order valence-electron chi connectivity index (χ0n) is 8.25. The monoisotopic (exact) mass is 182 g/mol. The average molecular weight is 182 g/mol. The van der Waals surface area contributed by atoms with Gasteiger partial charge >= 0.3 is 0 Å². The topological polar surface area (TPSA) is 32.3 Å². The molecule has 3 nitrogen and oxygen atoms in total. The molecule has 0 atom stereocenters. The van der Waals surface area contributed by atoms with Crippen LogP contribution in [0.4, 0.5) is 0 Å². The molecular weight excluding hydrogens is 164 g/mol. The summed E-state index contributed by atoms with van der Waals surface area (Å²) in [5.41, 5.74) is 0. The van der Waals surface area contributed by atoms with E-state index in [2.05, 4.69) is 11.9 Å². The van der Waals surface area contributed by atoms with Gasteiger partial charge in [0.2, 0.25) is 5.91 Å². The fourth-order valence-corrected chi connectivity index (χ4v) is 1.43. The first-order chi connectivity index (χ1) is 6.27. The standard InChI is InChI=1S/C10H18N2O/c1-3-5-12(4-2)10(13)6-9-7-11-8-9/h3,9,11H,1,4-8H2,2H3. The summed E-state index contributed by atoms with van der Waals surface area (Å²) in [6.07, 6.45) is 2.47. The molecule has 1 amide bonds. The van der Waals surface area contributed by atoms with Crippen molar-refractivity contribution in [2.75, 3.05) is 26.2 Å². The molecule has 0 bridgehead atoms. The minimum absolute atomic E-state index is 0.258. The van der Waals surface area contributed by atoms with Crippen LogP contribution in [-0.2, 0) is 4.79 Å². The summed E-state index contributed by atoms with van der Waals surface area (Å²) < 4.78 is 0. The minimum atomic E-state index is 0.258. The molecule has 0 aromatic rings. The van der Waals surface area contributed by atoms with Crippen LogP contribution >= 0.6 is 0 Å². The van der Waals surface area contributed by atoms with E-state index in [-0.39, 0.29) is 5.91 Å². The molecule has 1 aliphatic heterocycles. The number of nitrogens with one attached hydrogen (secondary N) is 1. The van der Waals surface area contributed by atoms with Gasteiger partial charge in [-0.05, 0) is 25.9 Å². The molecule has 1 heterocycles. The van der Waals surface area contributed by atoms with Gasteiger partial charge in [0.15, 0.2) is 0 Å². The first-order valence-electron chi connectivity index (χ1n) is 4.87. The quantitative estimate of drug-likeness (QED) is 0.632. The SMILES string of the molecule is C=CCN(CC)C(=O)CC1CNC1. The molecule has 74 valence electrons. The number of hydrogen-bond donors (Lipinski definition) is 1. The molecule has 1 aliphatic rings. The Morgan fingerprint density at radius 2 is 2.38 bits per heavy atom. The fraction of sp³-hybridized carbons (Fsp3) is 0.700. The highest BCUT2D eigenvalue weighted by Gasteiger charge is 2.22. The van der Waals surface area contributed by atoms with Crippen molar-refractivity contribution in [3.63, 3.8) is 0 Å². The summed E-state index contributed by atoms with van der Waals surface area (Å²) in [4.78, 5) is 13.5. The third kappa shape index (κ3) is 2.84.